The molecule has 2 aliphatic rings. The summed E-state index contributed by atoms with van der Waals surface area (Å²) in [4.78, 5) is 48.5. The zero-order chi connectivity index (χ0) is 33.2. The normalized spacial score (nSPS) is 18.9. The van der Waals surface area contributed by atoms with Gasteiger partial charge in [-0.3, -0.25) is 24.2 Å². The Morgan fingerprint density at radius 1 is 1.11 bits per heavy atom. The number of carbonyl (C=O) groups excluding carboxylic acids is 3. The number of nitriles is 1. The predicted octanol–water partition coefficient (Wildman–Crippen LogP) is 4.97. The minimum absolute atomic E-state index is 0.0112. The standard InChI is InChI=1S/C32H30ClF2N5O5S/c1-46(44,45)23-6-4-5-22(18-23)39(31(43)26-9-10-28(41)40(26)27-17-20(19-36)13-16-37-27)29(24-7-2-3-8-25(24)33)30(42)38-21-11-14-32(34,35)15-12-21/h2-8,13,16-18,21,26,29H,9-12,14-15H2,1H3,(H,38,42)/t26-,29?/m0/s1. The zero-order valence-corrected chi connectivity index (χ0v) is 26.3. The smallest absolute Gasteiger partial charge is 0.251 e. The number of alkyl halides is 2. The Labute approximate surface area is 269 Å². The van der Waals surface area contributed by atoms with E-state index < -0.39 is 64.4 Å². The average molecular weight is 670 g/mol. The molecular weight excluding hydrogens is 640 g/mol. The molecule has 0 radical (unpaired) electrons. The maximum absolute atomic E-state index is 14.8. The van der Waals surface area contributed by atoms with Crippen LogP contribution in [0.3, 0.4) is 0 Å². The lowest BCUT2D eigenvalue weighted by Gasteiger charge is -2.37. The Hall–Kier alpha value is -4.41. The second-order valence-corrected chi connectivity index (χ2v) is 13.8. The van der Waals surface area contributed by atoms with Gasteiger partial charge in [-0.05, 0) is 55.7 Å². The number of hydrogen-bond donors (Lipinski definition) is 1. The quantitative estimate of drug-likeness (QED) is 0.357. The third-order valence-corrected chi connectivity index (χ3v) is 9.60. The van der Waals surface area contributed by atoms with Gasteiger partial charge in [0.15, 0.2) is 9.84 Å². The molecule has 1 N–H and O–H groups in total. The van der Waals surface area contributed by atoms with Crippen molar-refractivity contribution in [2.75, 3.05) is 16.1 Å². The van der Waals surface area contributed by atoms with Crippen LogP contribution in [0.2, 0.25) is 5.02 Å². The number of pyridine rings is 1. The van der Waals surface area contributed by atoms with E-state index in [1.165, 1.54) is 59.6 Å². The van der Waals surface area contributed by atoms with Crippen LogP contribution in [0.1, 0.15) is 55.7 Å². The van der Waals surface area contributed by atoms with Gasteiger partial charge in [-0.15, -0.1) is 0 Å². The second kappa shape index (κ2) is 13.1. The zero-order valence-electron chi connectivity index (χ0n) is 24.7. The first-order valence-electron chi connectivity index (χ1n) is 14.5. The lowest BCUT2D eigenvalue weighted by molar-refractivity contribution is -0.128. The summed E-state index contributed by atoms with van der Waals surface area (Å²) in [6.45, 7) is 0. The van der Waals surface area contributed by atoms with Crippen molar-refractivity contribution >= 4 is 50.7 Å². The van der Waals surface area contributed by atoms with E-state index in [2.05, 4.69) is 10.3 Å². The fourth-order valence-corrected chi connectivity index (χ4v) is 6.71. The van der Waals surface area contributed by atoms with Gasteiger partial charge in [-0.2, -0.15) is 5.26 Å². The Bertz CT molecular complexity index is 1820. The fraction of sp³-hybridized carbons (Fsp3) is 0.344. The summed E-state index contributed by atoms with van der Waals surface area (Å²) >= 11 is 6.61. The Morgan fingerprint density at radius 2 is 1.83 bits per heavy atom. The lowest BCUT2D eigenvalue weighted by atomic mass is 9.91. The van der Waals surface area contributed by atoms with Crippen molar-refractivity contribution in [2.45, 2.75) is 67.5 Å². The highest BCUT2D eigenvalue weighted by Crippen LogP contribution is 2.38. The molecule has 5 rings (SSSR count). The first-order valence-corrected chi connectivity index (χ1v) is 16.8. The number of carbonyl (C=O) groups is 3. The number of rotatable bonds is 8. The number of aromatic nitrogens is 1. The average Bonchev–Trinajstić information content (AvgIpc) is 3.42. The van der Waals surface area contributed by atoms with Gasteiger partial charge >= 0.3 is 0 Å². The molecule has 3 amide bonds. The Morgan fingerprint density at radius 3 is 2.50 bits per heavy atom. The molecule has 1 unspecified atom stereocenters. The second-order valence-electron chi connectivity index (χ2n) is 11.4. The van der Waals surface area contributed by atoms with Crippen molar-refractivity contribution in [1.29, 1.82) is 5.26 Å². The molecule has 1 aliphatic heterocycles. The van der Waals surface area contributed by atoms with Crippen LogP contribution < -0.4 is 15.1 Å². The molecule has 2 heterocycles. The van der Waals surface area contributed by atoms with Crippen LogP contribution in [0.4, 0.5) is 20.3 Å². The number of hydrogen-bond acceptors (Lipinski definition) is 7. The summed E-state index contributed by atoms with van der Waals surface area (Å²) in [5, 5.41) is 12.4. The lowest BCUT2D eigenvalue weighted by Crippen LogP contribution is -2.53. The molecule has 2 aromatic carbocycles. The Balaban J connectivity index is 1.65. The maximum Gasteiger partial charge on any atom is 0.251 e. The minimum Gasteiger partial charge on any atom is -0.351 e. The van der Waals surface area contributed by atoms with Crippen LogP contribution in [0.5, 0.6) is 0 Å². The summed E-state index contributed by atoms with van der Waals surface area (Å²) in [5.74, 6) is -4.68. The van der Waals surface area contributed by atoms with Crippen LogP contribution in [0, 0.1) is 11.3 Å². The van der Waals surface area contributed by atoms with Crippen LogP contribution in [-0.4, -0.2) is 55.4 Å². The highest BCUT2D eigenvalue weighted by Gasteiger charge is 2.45. The van der Waals surface area contributed by atoms with Crippen molar-refractivity contribution in [3.63, 3.8) is 0 Å². The number of amides is 3. The van der Waals surface area contributed by atoms with E-state index in [1.807, 2.05) is 6.07 Å². The highest BCUT2D eigenvalue weighted by molar-refractivity contribution is 7.90. The molecule has 1 saturated carbocycles. The maximum atomic E-state index is 14.8. The first kappa shape index (κ1) is 33.0. The van der Waals surface area contributed by atoms with Crippen LogP contribution in [0.15, 0.2) is 71.8 Å². The van der Waals surface area contributed by atoms with Gasteiger partial charge < -0.3 is 5.32 Å². The predicted molar refractivity (Wildman–Crippen MR) is 166 cm³/mol. The number of sulfone groups is 1. The van der Waals surface area contributed by atoms with Crippen LogP contribution in [0.25, 0.3) is 0 Å². The number of benzene rings is 2. The molecule has 2 fully saturated rings. The fourth-order valence-electron chi connectivity index (χ4n) is 5.81. The van der Waals surface area contributed by atoms with Gasteiger partial charge in [0.05, 0.1) is 16.5 Å². The van der Waals surface area contributed by atoms with Gasteiger partial charge in [-0.1, -0.05) is 35.9 Å². The molecule has 1 saturated heterocycles. The van der Waals surface area contributed by atoms with Crippen molar-refractivity contribution in [3.05, 3.63) is 83.0 Å². The van der Waals surface area contributed by atoms with E-state index in [9.17, 15) is 36.8 Å². The Kier molecular flexibility index (Phi) is 9.42. The summed E-state index contributed by atoms with van der Waals surface area (Å²) < 4.78 is 53.0. The van der Waals surface area contributed by atoms with Crippen molar-refractivity contribution < 1.29 is 31.6 Å². The van der Waals surface area contributed by atoms with Gasteiger partial charge in [0.25, 0.3) is 5.91 Å². The summed E-state index contributed by atoms with van der Waals surface area (Å²) in [6.07, 6.45) is 1.53. The molecule has 46 heavy (non-hydrogen) atoms. The van der Waals surface area contributed by atoms with Gasteiger partial charge in [0.2, 0.25) is 17.7 Å². The molecule has 240 valence electrons. The third-order valence-electron chi connectivity index (χ3n) is 8.15. The number of nitrogens with one attached hydrogen (secondary N) is 1. The highest BCUT2D eigenvalue weighted by atomic mass is 35.5. The molecule has 0 bridgehead atoms. The number of halogens is 3. The largest absolute Gasteiger partial charge is 0.351 e. The monoisotopic (exact) mass is 669 g/mol. The van der Waals surface area contributed by atoms with E-state index >= 15 is 0 Å². The molecule has 0 spiro atoms. The van der Waals surface area contributed by atoms with E-state index in [1.54, 1.807) is 12.1 Å². The molecule has 14 heteroatoms. The van der Waals surface area contributed by atoms with E-state index in [-0.39, 0.29) is 58.2 Å². The van der Waals surface area contributed by atoms with Gasteiger partial charge in [0, 0.05) is 54.0 Å². The van der Waals surface area contributed by atoms with Gasteiger partial charge in [0.1, 0.15) is 17.9 Å². The molecule has 1 aromatic heterocycles. The molecule has 3 aromatic rings. The van der Waals surface area contributed by atoms with E-state index in [4.69, 9.17) is 11.6 Å². The SMILES string of the molecule is CS(=O)(=O)c1cccc(N(C(=O)[C@@H]2CCC(=O)N2c2cc(C#N)ccn2)C(C(=O)NC2CCC(F)(F)CC2)c2ccccc2Cl)c1. The first-order chi connectivity index (χ1) is 21.8. The molecular formula is C32H30ClF2N5O5S. The number of anilines is 2. The van der Waals surface area contributed by atoms with E-state index in [0.29, 0.717) is 0 Å². The third kappa shape index (κ3) is 7.03. The molecule has 1 aliphatic carbocycles. The van der Waals surface area contributed by atoms with Gasteiger partial charge in [-0.25, -0.2) is 22.2 Å². The topological polar surface area (TPSA) is 141 Å². The molecule has 2 atom stereocenters. The van der Waals surface area contributed by atoms with E-state index in [0.717, 1.165) is 11.2 Å². The van der Waals surface area contributed by atoms with Crippen molar-refractivity contribution in [2.24, 2.45) is 0 Å². The van der Waals surface area contributed by atoms with Crippen molar-refractivity contribution in [3.8, 4) is 6.07 Å². The van der Waals surface area contributed by atoms with Crippen LogP contribution >= 0.6 is 11.6 Å². The summed E-state index contributed by atoms with van der Waals surface area (Å²) in [7, 11) is -3.77. The summed E-state index contributed by atoms with van der Waals surface area (Å²) in [5.41, 5.74) is 0.433. The van der Waals surface area contributed by atoms with Crippen LogP contribution in [-0.2, 0) is 24.2 Å². The summed E-state index contributed by atoms with van der Waals surface area (Å²) in [6, 6.07) is 13.3. The molecule has 10 nitrogen and oxygen atoms in total. The van der Waals surface area contributed by atoms with Crippen molar-refractivity contribution in [1.82, 2.24) is 10.3 Å². The number of nitrogens with zero attached hydrogens (tertiary/aromatic N) is 4. The minimum atomic E-state index is -3.77.